The Bertz CT molecular complexity index is 281. The van der Waals surface area contributed by atoms with Crippen molar-refractivity contribution in [3.8, 4) is 0 Å². The van der Waals surface area contributed by atoms with Crippen LogP contribution in [0.3, 0.4) is 0 Å². The fourth-order valence-electron chi connectivity index (χ4n) is 1.51. The van der Waals surface area contributed by atoms with Crippen LogP contribution in [0.2, 0.25) is 0 Å². The van der Waals surface area contributed by atoms with Crippen molar-refractivity contribution in [1.82, 2.24) is 0 Å². The average Bonchev–Trinajstić information content (AvgIpc) is 2.49. The van der Waals surface area contributed by atoms with Crippen LogP contribution in [-0.2, 0) is 5.41 Å². The molecule has 0 aliphatic carbocycles. The van der Waals surface area contributed by atoms with Gasteiger partial charge in [0.2, 0.25) is 0 Å². The molecule has 0 aromatic heterocycles. The third-order valence-corrected chi connectivity index (χ3v) is 3.60. The summed E-state index contributed by atoms with van der Waals surface area (Å²) in [6.45, 7) is 14.9. The first-order valence-electron chi connectivity index (χ1n) is 7.80. The number of halogens is 1. The molecule has 0 N–H and O–H groups in total. The van der Waals surface area contributed by atoms with E-state index in [-0.39, 0.29) is 11.2 Å². The molecule has 1 rings (SSSR count). The van der Waals surface area contributed by atoms with Crippen LogP contribution in [0.4, 0.5) is 4.39 Å². The zero-order valence-corrected chi connectivity index (χ0v) is 14.0. The second-order valence-electron chi connectivity index (χ2n) is 4.77. The van der Waals surface area contributed by atoms with E-state index in [9.17, 15) is 4.39 Å². The predicted octanol–water partition coefficient (Wildman–Crippen LogP) is 6.74. The summed E-state index contributed by atoms with van der Waals surface area (Å²) in [5.74, 6) is -0.154. The summed E-state index contributed by atoms with van der Waals surface area (Å²) in [5.41, 5.74) is 1.44. The molecule has 0 aliphatic rings. The normalized spacial score (nSPS) is 9.89. The zero-order valence-electron chi connectivity index (χ0n) is 14.0. The standard InChI is InChI=1S/C12H17F.C4H10.C2H6/c1-4-12(3,5-2)10-6-8-11(13)9-7-10;1-3-4-2;1-2/h6-9H,4-5H2,1-3H3;3-4H2,1-2H3;1-2H3. The Balaban J connectivity index is 0. The Morgan fingerprint density at radius 3 is 1.47 bits per heavy atom. The monoisotopic (exact) mass is 268 g/mol. The summed E-state index contributed by atoms with van der Waals surface area (Å²) in [5, 5.41) is 0. The zero-order chi connectivity index (χ0) is 15.3. The largest absolute Gasteiger partial charge is 0.207 e. The van der Waals surface area contributed by atoms with E-state index in [2.05, 4.69) is 34.6 Å². The van der Waals surface area contributed by atoms with Crippen molar-refractivity contribution < 1.29 is 4.39 Å². The smallest absolute Gasteiger partial charge is 0.123 e. The quantitative estimate of drug-likeness (QED) is 0.567. The van der Waals surface area contributed by atoms with E-state index in [1.165, 1.54) is 18.4 Å². The molecule has 0 amide bonds. The van der Waals surface area contributed by atoms with E-state index >= 15 is 0 Å². The van der Waals surface area contributed by atoms with Crippen molar-refractivity contribution in [2.24, 2.45) is 0 Å². The van der Waals surface area contributed by atoms with Gasteiger partial charge >= 0.3 is 0 Å². The molecule has 0 aliphatic heterocycles. The maximum Gasteiger partial charge on any atom is 0.123 e. The molecule has 0 saturated heterocycles. The van der Waals surface area contributed by atoms with E-state index in [1.54, 1.807) is 12.1 Å². The van der Waals surface area contributed by atoms with Crippen molar-refractivity contribution in [1.29, 1.82) is 0 Å². The number of hydrogen-bond donors (Lipinski definition) is 0. The third-order valence-electron chi connectivity index (χ3n) is 3.60. The van der Waals surface area contributed by atoms with Crippen LogP contribution < -0.4 is 0 Å². The van der Waals surface area contributed by atoms with Crippen molar-refractivity contribution in [2.75, 3.05) is 0 Å². The van der Waals surface area contributed by atoms with Crippen LogP contribution in [0, 0.1) is 5.82 Å². The SMILES string of the molecule is CC.CCC(C)(CC)c1ccc(F)cc1.CCCC. The van der Waals surface area contributed by atoms with Crippen LogP contribution in [0.25, 0.3) is 0 Å². The Labute approximate surface area is 120 Å². The van der Waals surface area contributed by atoms with Gasteiger partial charge in [0, 0.05) is 0 Å². The van der Waals surface area contributed by atoms with Crippen LogP contribution in [0.1, 0.15) is 79.7 Å². The number of unbranched alkanes of at least 4 members (excludes halogenated alkanes) is 1. The highest BCUT2D eigenvalue weighted by atomic mass is 19.1. The van der Waals surface area contributed by atoms with Crippen LogP contribution in [0.5, 0.6) is 0 Å². The number of rotatable bonds is 4. The van der Waals surface area contributed by atoms with Crippen molar-refractivity contribution in [2.45, 2.75) is 79.6 Å². The molecule has 1 aromatic carbocycles. The maximum absolute atomic E-state index is 12.7. The minimum absolute atomic E-state index is 0.154. The van der Waals surface area contributed by atoms with Gasteiger partial charge in [-0.1, -0.05) is 73.4 Å². The van der Waals surface area contributed by atoms with Gasteiger partial charge in [0.1, 0.15) is 5.82 Å². The molecule has 1 aromatic rings. The Hall–Kier alpha value is -0.850. The molecule has 19 heavy (non-hydrogen) atoms. The summed E-state index contributed by atoms with van der Waals surface area (Å²) in [7, 11) is 0. The summed E-state index contributed by atoms with van der Waals surface area (Å²) in [6.07, 6.45) is 4.82. The number of hydrogen-bond acceptors (Lipinski definition) is 0. The molecule has 0 nitrogen and oxygen atoms in total. The highest BCUT2D eigenvalue weighted by Gasteiger charge is 2.21. The van der Waals surface area contributed by atoms with Gasteiger partial charge in [0.05, 0.1) is 0 Å². The molecule has 1 heteroatoms. The Morgan fingerprint density at radius 2 is 1.21 bits per heavy atom. The molecule has 0 bridgehead atoms. The first-order chi connectivity index (χ1) is 9.03. The van der Waals surface area contributed by atoms with Crippen molar-refractivity contribution >= 4 is 0 Å². The minimum Gasteiger partial charge on any atom is -0.207 e. The van der Waals surface area contributed by atoms with E-state index in [0.29, 0.717) is 0 Å². The molecular weight excluding hydrogens is 235 g/mol. The van der Waals surface area contributed by atoms with Gasteiger partial charge in [-0.25, -0.2) is 4.39 Å². The fraction of sp³-hybridized carbons (Fsp3) is 0.667. The Kier molecular flexibility index (Phi) is 13.1. The van der Waals surface area contributed by atoms with Crippen LogP contribution >= 0.6 is 0 Å². The maximum atomic E-state index is 12.7. The van der Waals surface area contributed by atoms with Gasteiger partial charge in [0.25, 0.3) is 0 Å². The first kappa shape index (κ1) is 20.5. The lowest BCUT2D eigenvalue weighted by atomic mass is 9.78. The second-order valence-corrected chi connectivity index (χ2v) is 4.77. The van der Waals surface area contributed by atoms with Crippen molar-refractivity contribution in [3.05, 3.63) is 35.6 Å². The highest BCUT2D eigenvalue weighted by molar-refractivity contribution is 5.24. The van der Waals surface area contributed by atoms with Gasteiger partial charge in [-0.3, -0.25) is 0 Å². The van der Waals surface area contributed by atoms with E-state index in [1.807, 2.05) is 26.0 Å². The van der Waals surface area contributed by atoms with Gasteiger partial charge < -0.3 is 0 Å². The summed E-state index contributed by atoms with van der Waals surface area (Å²) in [4.78, 5) is 0. The van der Waals surface area contributed by atoms with Crippen LogP contribution in [-0.4, -0.2) is 0 Å². The van der Waals surface area contributed by atoms with Gasteiger partial charge in [-0.15, -0.1) is 0 Å². The van der Waals surface area contributed by atoms with Gasteiger partial charge in [0.15, 0.2) is 0 Å². The molecule has 0 fully saturated rings. The molecule has 112 valence electrons. The van der Waals surface area contributed by atoms with Gasteiger partial charge in [-0.2, -0.15) is 0 Å². The highest BCUT2D eigenvalue weighted by Crippen LogP contribution is 2.30. The van der Waals surface area contributed by atoms with Crippen LogP contribution in [0.15, 0.2) is 24.3 Å². The molecule has 0 unspecified atom stereocenters. The summed E-state index contributed by atoms with van der Waals surface area (Å²) >= 11 is 0. The molecule has 0 spiro atoms. The number of benzene rings is 1. The van der Waals surface area contributed by atoms with Crippen molar-refractivity contribution in [3.63, 3.8) is 0 Å². The summed E-state index contributed by atoms with van der Waals surface area (Å²) in [6, 6.07) is 6.86. The fourth-order valence-corrected chi connectivity index (χ4v) is 1.51. The topological polar surface area (TPSA) is 0 Å². The minimum atomic E-state index is -0.154. The lowest BCUT2D eigenvalue weighted by molar-refractivity contribution is 0.438. The third kappa shape index (κ3) is 8.02. The summed E-state index contributed by atoms with van der Waals surface area (Å²) < 4.78 is 12.7. The van der Waals surface area contributed by atoms with E-state index < -0.39 is 0 Å². The lowest BCUT2D eigenvalue weighted by Gasteiger charge is -2.27. The Morgan fingerprint density at radius 1 is 0.842 bits per heavy atom. The molecule has 0 atom stereocenters. The molecule has 0 heterocycles. The lowest BCUT2D eigenvalue weighted by Crippen LogP contribution is -2.19. The van der Waals surface area contributed by atoms with E-state index in [0.717, 1.165) is 12.8 Å². The van der Waals surface area contributed by atoms with Gasteiger partial charge in [-0.05, 0) is 36.0 Å². The second kappa shape index (κ2) is 12.2. The average molecular weight is 268 g/mol. The molecule has 0 saturated carbocycles. The molecular formula is C18H33F. The first-order valence-corrected chi connectivity index (χ1v) is 7.80. The molecule has 0 radical (unpaired) electrons. The van der Waals surface area contributed by atoms with E-state index in [4.69, 9.17) is 0 Å². The predicted molar refractivity (Wildman–Crippen MR) is 86.3 cm³/mol.